The number of hydrogen-bond acceptors (Lipinski definition) is 5. The fourth-order valence-electron chi connectivity index (χ4n) is 4.29. The molecule has 3 rings (SSSR count). The van der Waals surface area contributed by atoms with Gasteiger partial charge in [-0.3, -0.25) is 9.59 Å². The molecule has 0 bridgehead atoms. The summed E-state index contributed by atoms with van der Waals surface area (Å²) in [5, 5.41) is 9.29. The van der Waals surface area contributed by atoms with Gasteiger partial charge in [-0.25, -0.2) is 0 Å². The van der Waals surface area contributed by atoms with Gasteiger partial charge < -0.3 is 9.55 Å². The van der Waals surface area contributed by atoms with Crippen molar-refractivity contribution in [1.82, 2.24) is 19.7 Å². The zero-order valence-corrected chi connectivity index (χ0v) is 18.6. The van der Waals surface area contributed by atoms with Crippen LogP contribution in [0.4, 0.5) is 0 Å². The Balaban J connectivity index is 1.83. The number of rotatable bonds is 8. The molecule has 1 fully saturated rings. The summed E-state index contributed by atoms with van der Waals surface area (Å²) in [7, 11) is 0. The molecule has 2 aromatic heterocycles. The van der Waals surface area contributed by atoms with E-state index >= 15 is 0 Å². The molecular formula is C22H30N4O2S. The minimum atomic E-state index is -0.349. The topological polar surface area (TPSA) is 80.6 Å². The van der Waals surface area contributed by atoms with Gasteiger partial charge in [-0.1, -0.05) is 37.1 Å². The molecule has 2 heterocycles. The van der Waals surface area contributed by atoms with Crippen LogP contribution in [0.3, 0.4) is 0 Å². The fourth-order valence-corrected chi connectivity index (χ4v) is 5.21. The largest absolute Gasteiger partial charge is 0.355 e. The highest BCUT2D eigenvalue weighted by Crippen LogP contribution is 2.34. The zero-order chi connectivity index (χ0) is 21.1. The van der Waals surface area contributed by atoms with E-state index in [4.69, 9.17) is 0 Å². The van der Waals surface area contributed by atoms with Gasteiger partial charge in [-0.05, 0) is 46.1 Å². The number of aromatic amines is 1. The van der Waals surface area contributed by atoms with Crippen molar-refractivity contribution >= 4 is 23.3 Å². The highest BCUT2D eigenvalue weighted by Gasteiger charge is 2.28. The van der Waals surface area contributed by atoms with Crippen molar-refractivity contribution < 1.29 is 9.59 Å². The molecule has 1 aliphatic carbocycles. The van der Waals surface area contributed by atoms with Gasteiger partial charge in [0.2, 0.25) is 0 Å². The van der Waals surface area contributed by atoms with Crippen LogP contribution in [-0.2, 0) is 6.54 Å². The Morgan fingerprint density at radius 3 is 2.55 bits per heavy atom. The number of Topliss-reactive ketones (excluding diaryl/α,β-unsaturated/α-hetero) is 2. The van der Waals surface area contributed by atoms with Crippen molar-refractivity contribution in [2.24, 2.45) is 0 Å². The van der Waals surface area contributed by atoms with Gasteiger partial charge in [0.25, 0.3) is 0 Å². The second-order valence-corrected chi connectivity index (χ2v) is 9.19. The third-order valence-electron chi connectivity index (χ3n) is 5.71. The number of aromatic nitrogens is 4. The van der Waals surface area contributed by atoms with Crippen LogP contribution in [0.15, 0.2) is 17.8 Å². The van der Waals surface area contributed by atoms with E-state index in [2.05, 4.69) is 26.3 Å². The van der Waals surface area contributed by atoms with Crippen LogP contribution in [0.2, 0.25) is 0 Å². The molecule has 1 saturated carbocycles. The molecule has 0 amide bonds. The molecule has 0 radical (unpaired) electrons. The van der Waals surface area contributed by atoms with Gasteiger partial charge in [0.15, 0.2) is 16.7 Å². The van der Waals surface area contributed by atoms with Crippen molar-refractivity contribution in [3.63, 3.8) is 0 Å². The number of thioether (sulfide) groups is 1. The van der Waals surface area contributed by atoms with Crippen LogP contribution in [0, 0.1) is 13.8 Å². The third kappa shape index (κ3) is 4.39. The van der Waals surface area contributed by atoms with Gasteiger partial charge in [0.05, 0.1) is 10.9 Å². The predicted molar refractivity (Wildman–Crippen MR) is 116 cm³/mol. The minimum absolute atomic E-state index is 0.0292. The summed E-state index contributed by atoms with van der Waals surface area (Å²) in [6.07, 6.45) is 7.88. The smallest absolute Gasteiger partial charge is 0.192 e. The van der Waals surface area contributed by atoms with E-state index in [9.17, 15) is 9.59 Å². The van der Waals surface area contributed by atoms with Gasteiger partial charge in [0, 0.05) is 23.7 Å². The number of carbonyl (C=O) groups excluding carboxylic acids is 2. The Kier molecular flexibility index (Phi) is 6.77. The number of hydrogen-bond donors (Lipinski definition) is 1. The number of nitrogens with one attached hydrogen (secondary N) is 1. The summed E-state index contributed by atoms with van der Waals surface area (Å²) in [4.78, 5) is 28.1. The number of H-pyrrole nitrogens is 1. The molecule has 7 heteroatoms. The second kappa shape index (κ2) is 9.11. The lowest BCUT2D eigenvalue weighted by atomic mass is 9.89. The predicted octanol–water partition coefficient (Wildman–Crippen LogP) is 5.02. The first-order valence-electron chi connectivity index (χ1n) is 10.3. The summed E-state index contributed by atoms with van der Waals surface area (Å²) >= 11 is 1.42. The van der Waals surface area contributed by atoms with Crippen LogP contribution in [0.5, 0.6) is 0 Å². The van der Waals surface area contributed by atoms with Gasteiger partial charge in [-0.2, -0.15) is 0 Å². The van der Waals surface area contributed by atoms with Crippen molar-refractivity contribution in [3.8, 4) is 0 Å². The van der Waals surface area contributed by atoms with Crippen LogP contribution >= 0.6 is 11.8 Å². The monoisotopic (exact) mass is 414 g/mol. The molecule has 6 nitrogen and oxygen atoms in total. The molecule has 1 aliphatic rings. The van der Waals surface area contributed by atoms with E-state index in [0.717, 1.165) is 35.1 Å². The van der Waals surface area contributed by atoms with E-state index in [1.54, 1.807) is 0 Å². The van der Waals surface area contributed by atoms with Crippen molar-refractivity contribution in [2.75, 3.05) is 0 Å². The first-order chi connectivity index (χ1) is 13.8. The average Bonchev–Trinajstić information content (AvgIpc) is 3.22. The Labute approximate surface area is 176 Å². The SMILES string of the molecule is C=CCn1c(S[C@H](C)C(=O)c2[nH]c(C)c(C(C)=O)c2C)nnc1C1CCCCC1. The van der Waals surface area contributed by atoms with E-state index in [1.807, 2.05) is 26.8 Å². The fraction of sp³-hybridized carbons (Fsp3) is 0.545. The molecule has 0 aliphatic heterocycles. The van der Waals surface area contributed by atoms with E-state index < -0.39 is 0 Å². The molecule has 1 N–H and O–H groups in total. The minimum Gasteiger partial charge on any atom is -0.355 e. The highest BCUT2D eigenvalue weighted by molar-refractivity contribution is 8.00. The second-order valence-electron chi connectivity index (χ2n) is 7.88. The van der Waals surface area contributed by atoms with Crippen LogP contribution in [0.25, 0.3) is 0 Å². The summed E-state index contributed by atoms with van der Waals surface area (Å²) in [5.74, 6) is 1.38. The van der Waals surface area contributed by atoms with Crippen molar-refractivity contribution in [3.05, 3.63) is 41.0 Å². The lowest BCUT2D eigenvalue weighted by Gasteiger charge is -2.21. The molecular weight excluding hydrogens is 384 g/mol. The Morgan fingerprint density at radius 2 is 1.97 bits per heavy atom. The lowest BCUT2D eigenvalue weighted by Crippen LogP contribution is -2.17. The number of ketones is 2. The maximum Gasteiger partial charge on any atom is 0.192 e. The average molecular weight is 415 g/mol. The molecule has 2 aromatic rings. The van der Waals surface area contributed by atoms with Gasteiger partial charge >= 0.3 is 0 Å². The third-order valence-corrected chi connectivity index (χ3v) is 6.80. The first kappa shape index (κ1) is 21.6. The van der Waals surface area contributed by atoms with Crippen LogP contribution < -0.4 is 0 Å². The lowest BCUT2D eigenvalue weighted by molar-refractivity contribution is 0.0988. The Hall–Kier alpha value is -2.15. The van der Waals surface area contributed by atoms with E-state index in [1.165, 1.54) is 37.9 Å². The molecule has 0 aromatic carbocycles. The summed E-state index contributed by atoms with van der Waals surface area (Å²) < 4.78 is 2.10. The quantitative estimate of drug-likeness (QED) is 0.372. The first-order valence-corrected chi connectivity index (χ1v) is 11.2. The van der Waals surface area contributed by atoms with Gasteiger partial charge in [0.1, 0.15) is 5.82 Å². The maximum atomic E-state index is 13.1. The Bertz CT molecular complexity index is 922. The molecule has 0 unspecified atom stereocenters. The van der Waals surface area contributed by atoms with Crippen LogP contribution in [0.1, 0.15) is 89.8 Å². The number of carbonyl (C=O) groups is 2. The summed E-state index contributed by atoms with van der Waals surface area (Å²) in [5.41, 5.74) is 2.59. The number of aryl methyl sites for hydroxylation is 1. The van der Waals surface area contributed by atoms with Gasteiger partial charge in [-0.15, -0.1) is 16.8 Å². The zero-order valence-electron chi connectivity index (χ0n) is 17.7. The normalized spacial score (nSPS) is 16.0. The standard InChI is InChI=1S/C22H30N4O2S/c1-6-12-26-21(17-10-8-7-9-11-17)24-25-22(26)29-16(5)20(28)19-13(2)18(15(4)27)14(3)23-19/h6,16-17,23H,1,7-12H2,2-5H3/t16-/m1/s1. The maximum absolute atomic E-state index is 13.1. The van der Waals surface area contributed by atoms with E-state index in [-0.39, 0.29) is 16.8 Å². The molecule has 0 saturated heterocycles. The summed E-state index contributed by atoms with van der Waals surface area (Å²) in [6, 6.07) is 0. The summed E-state index contributed by atoms with van der Waals surface area (Å²) in [6.45, 7) is 11.6. The van der Waals surface area contributed by atoms with Crippen molar-refractivity contribution in [1.29, 1.82) is 0 Å². The number of nitrogens with zero attached hydrogens (tertiary/aromatic N) is 3. The number of allylic oxidation sites excluding steroid dienone is 1. The highest BCUT2D eigenvalue weighted by atomic mass is 32.2. The molecule has 156 valence electrons. The molecule has 1 atom stereocenters. The van der Waals surface area contributed by atoms with Crippen molar-refractivity contribution in [2.45, 2.75) is 82.7 Å². The Morgan fingerprint density at radius 1 is 1.28 bits per heavy atom. The van der Waals surface area contributed by atoms with E-state index in [0.29, 0.717) is 23.7 Å². The molecule has 0 spiro atoms. The molecule has 29 heavy (non-hydrogen) atoms. The van der Waals surface area contributed by atoms with Crippen LogP contribution in [-0.4, -0.2) is 36.6 Å².